The summed E-state index contributed by atoms with van der Waals surface area (Å²) in [4.78, 5) is 29.3. The van der Waals surface area contributed by atoms with Crippen LogP contribution in [0.2, 0.25) is 0 Å². The van der Waals surface area contributed by atoms with Gasteiger partial charge in [0.05, 0.1) is 23.8 Å². The minimum atomic E-state index is -3.49. The first kappa shape index (κ1) is 25.0. The summed E-state index contributed by atoms with van der Waals surface area (Å²) >= 11 is 0. The second-order valence-electron chi connectivity index (χ2n) is 8.80. The molecule has 0 unspecified atom stereocenters. The molecule has 0 radical (unpaired) electrons. The SMILES string of the molecule is O=C1NC(F)(F)c2cc(Nc3ncc(-c4nc(-c5ccccn5)no4)c(N[C@H](CO)c4ccccc4)n3)ccc21. The van der Waals surface area contributed by atoms with Crippen molar-refractivity contribution in [1.82, 2.24) is 30.4 Å². The zero-order valence-corrected chi connectivity index (χ0v) is 20.5. The highest BCUT2D eigenvalue weighted by Crippen LogP contribution is 2.36. The molecule has 13 heteroatoms. The average Bonchev–Trinajstić information content (AvgIpc) is 3.55. The highest BCUT2D eigenvalue weighted by molar-refractivity contribution is 6.00. The summed E-state index contributed by atoms with van der Waals surface area (Å²) in [5, 5.41) is 21.9. The smallest absolute Gasteiger partial charge is 0.353 e. The number of aliphatic hydroxyl groups excluding tert-OH is 1. The molecule has 0 saturated carbocycles. The van der Waals surface area contributed by atoms with Gasteiger partial charge in [-0.1, -0.05) is 41.6 Å². The van der Waals surface area contributed by atoms with Crippen molar-refractivity contribution < 1.29 is 23.2 Å². The zero-order valence-electron chi connectivity index (χ0n) is 20.5. The maximum Gasteiger partial charge on any atom is 0.353 e. The maximum absolute atomic E-state index is 14.2. The van der Waals surface area contributed by atoms with Gasteiger partial charge in [-0.2, -0.15) is 18.7 Å². The first-order valence-electron chi connectivity index (χ1n) is 12.1. The van der Waals surface area contributed by atoms with Crippen LogP contribution in [0.25, 0.3) is 23.0 Å². The van der Waals surface area contributed by atoms with E-state index in [0.29, 0.717) is 11.3 Å². The molecule has 5 aromatic rings. The summed E-state index contributed by atoms with van der Waals surface area (Å²) in [6.07, 6.45) is 3.04. The van der Waals surface area contributed by atoms with Gasteiger partial charge in [-0.3, -0.25) is 15.1 Å². The molecule has 1 atom stereocenters. The molecule has 0 saturated heterocycles. The highest BCUT2D eigenvalue weighted by atomic mass is 19.3. The molecule has 0 aliphatic carbocycles. The van der Waals surface area contributed by atoms with Gasteiger partial charge in [0.1, 0.15) is 17.1 Å². The Kier molecular flexibility index (Phi) is 6.32. The molecular formula is C27H20F2N8O3. The number of halogens is 2. The van der Waals surface area contributed by atoms with Crippen LogP contribution in [0.15, 0.2) is 83.6 Å². The standard InChI is InChI=1S/C27H20F2N8O3/c28-27(29)19-12-16(9-10-17(19)24(39)36-27)32-26-31-13-18(25-34-23(37-40-25)20-8-4-5-11-30-20)22(35-26)33-21(14-38)15-6-2-1-3-7-15/h1-13,21,38H,14H2,(H,36,39)(H2,31,32,33,35)/t21-/m1/s1. The van der Waals surface area contributed by atoms with Crippen LogP contribution >= 0.6 is 0 Å². The predicted octanol–water partition coefficient (Wildman–Crippen LogP) is 4.27. The van der Waals surface area contributed by atoms with E-state index in [9.17, 15) is 18.7 Å². The fourth-order valence-electron chi connectivity index (χ4n) is 4.21. The number of benzene rings is 2. The fraction of sp³-hybridized carbons (Fsp3) is 0.111. The predicted molar refractivity (Wildman–Crippen MR) is 140 cm³/mol. The van der Waals surface area contributed by atoms with Crippen LogP contribution in [0.3, 0.4) is 0 Å². The van der Waals surface area contributed by atoms with Gasteiger partial charge in [-0.15, -0.1) is 0 Å². The van der Waals surface area contributed by atoms with Gasteiger partial charge in [-0.05, 0) is 35.9 Å². The minimum Gasteiger partial charge on any atom is -0.394 e. The molecular weight excluding hydrogens is 522 g/mol. The Morgan fingerprint density at radius 1 is 1.00 bits per heavy atom. The minimum absolute atomic E-state index is 0.0565. The molecule has 1 aliphatic heterocycles. The van der Waals surface area contributed by atoms with Gasteiger partial charge >= 0.3 is 6.05 Å². The summed E-state index contributed by atoms with van der Waals surface area (Å²) in [5.74, 6) is -0.200. The van der Waals surface area contributed by atoms with Crippen LogP contribution in [0, 0.1) is 0 Å². The monoisotopic (exact) mass is 542 g/mol. The lowest BCUT2D eigenvalue weighted by atomic mass is 10.1. The molecule has 0 fully saturated rings. The molecule has 2 aromatic carbocycles. The lowest BCUT2D eigenvalue weighted by Gasteiger charge is -2.19. The number of nitrogens with zero attached hydrogens (tertiary/aromatic N) is 5. The number of aliphatic hydroxyl groups is 1. The van der Waals surface area contributed by atoms with Crippen molar-refractivity contribution >= 4 is 23.4 Å². The van der Waals surface area contributed by atoms with Crippen molar-refractivity contribution in [2.45, 2.75) is 12.1 Å². The van der Waals surface area contributed by atoms with E-state index >= 15 is 0 Å². The van der Waals surface area contributed by atoms with Crippen molar-refractivity contribution in [2.24, 2.45) is 0 Å². The number of fused-ring (bicyclic) bond motifs is 1. The number of carbonyl (C=O) groups excluding carboxylic acids is 1. The molecule has 11 nitrogen and oxygen atoms in total. The molecule has 40 heavy (non-hydrogen) atoms. The van der Waals surface area contributed by atoms with E-state index < -0.39 is 23.6 Å². The van der Waals surface area contributed by atoms with E-state index in [1.807, 2.05) is 30.3 Å². The Hall–Kier alpha value is -5.30. The number of hydrogen-bond donors (Lipinski definition) is 4. The number of nitrogens with one attached hydrogen (secondary N) is 3. The van der Waals surface area contributed by atoms with Crippen LogP contribution in [0.1, 0.15) is 27.5 Å². The largest absolute Gasteiger partial charge is 0.394 e. The molecule has 4 N–H and O–H groups in total. The van der Waals surface area contributed by atoms with Crippen molar-refractivity contribution in [3.05, 3.63) is 95.8 Å². The highest BCUT2D eigenvalue weighted by Gasteiger charge is 2.44. The van der Waals surface area contributed by atoms with E-state index in [4.69, 9.17) is 4.52 Å². The fourth-order valence-corrected chi connectivity index (χ4v) is 4.21. The van der Waals surface area contributed by atoms with E-state index in [0.717, 1.165) is 11.6 Å². The number of alkyl halides is 2. The van der Waals surface area contributed by atoms with Crippen LogP contribution in [-0.4, -0.2) is 42.7 Å². The lowest BCUT2D eigenvalue weighted by molar-refractivity contribution is -0.0241. The zero-order chi connectivity index (χ0) is 27.7. The number of rotatable bonds is 8. The normalized spacial score (nSPS) is 14.3. The first-order valence-corrected chi connectivity index (χ1v) is 12.1. The Bertz CT molecular complexity index is 1680. The topological polar surface area (TPSA) is 151 Å². The van der Waals surface area contributed by atoms with Crippen LogP contribution in [0.4, 0.5) is 26.2 Å². The van der Waals surface area contributed by atoms with E-state index in [-0.39, 0.29) is 41.3 Å². The third kappa shape index (κ3) is 4.80. The van der Waals surface area contributed by atoms with E-state index in [1.54, 1.807) is 29.7 Å². The molecule has 1 aliphatic rings. The quantitative estimate of drug-likeness (QED) is 0.209. The van der Waals surface area contributed by atoms with Crippen molar-refractivity contribution in [3.63, 3.8) is 0 Å². The first-order chi connectivity index (χ1) is 19.4. The molecule has 0 spiro atoms. The van der Waals surface area contributed by atoms with Crippen LogP contribution in [-0.2, 0) is 6.05 Å². The second kappa shape index (κ2) is 10.1. The number of carbonyl (C=O) groups is 1. The summed E-state index contributed by atoms with van der Waals surface area (Å²) in [6, 6.07) is 14.4. The molecule has 200 valence electrons. The van der Waals surface area contributed by atoms with Gasteiger partial charge in [-0.25, -0.2) is 4.98 Å². The number of aromatic nitrogens is 5. The Balaban J connectivity index is 1.36. The summed E-state index contributed by atoms with van der Waals surface area (Å²) in [7, 11) is 0. The van der Waals surface area contributed by atoms with Gasteiger partial charge in [0.2, 0.25) is 11.8 Å². The van der Waals surface area contributed by atoms with Gasteiger partial charge in [0, 0.05) is 18.1 Å². The lowest BCUT2D eigenvalue weighted by Crippen LogP contribution is -2.29. The van der Waals surface area contributed by atoms with Gasteiger partial charge in [0.15, 0.2) is 0 Å². The number of hydrogen-bond acceptors (Lipinski definition) is 10. The third-order valence-electron chi connectivity index (χ3n) is 6.16. The summed E-state index contributed by atoms with van der Waals surface area (Å²) in [6.45, 7) is -0.264. The Labute approximate surface area is 225 Å². The maximum atomic E-state index is 14.2. The van der Waals surface area contributed by atoms with Crippen LogP contribution < -0.4 is 16.0 Å². The Morgan fingerprint density at radius 2 is 1.82 bits per heavy atom. The molecule has 3 aromatic heterocycles. The summed E-state index contributed by atoms with van der Waals surface area (Å²) < 4.78 is 33.9. The Morgan fingerprint density at radius 3 is 2.60 bits per heavy atom. The van der Waals surface area contributed by atoms with Crippen LogP contribution in [0.5, 0.6) is 0 Å². The summed E-state index contributed by atoms with van der Waals surface area (Å²) in [5.41, 5.74) is 1.32. The third-order valence-corrected chi connectivity index (χ3v) is 6.16. The number of anilines is 3. The number of pyridine rings is 1. The molecule has 6 rings (SSSR count). The van der Waals surface area contributed by atoms with E-state index in [1.165, 1.54) is 18.3 Å². The molecule has 0 bridgehead atoms. The molecule has 4 heterocycles. The van der Waals surface area contributed by atoms with Gasteiger partial charge in [0.25, 0.3) is 11.8 Å². The van der Waals surface area contributed by atoms with Gasteiger partial charge < -0.3 is 20.3 Å². The second-order valence-corrected chi connectivity index (χ2v) is 8.80. The average molecular weight is 543 g/mol. The van der Waals surface area contributed by atoms with Crippen molar-refractivity contribution in [2.75, 3.05) is 17.2 Å². The number of amides is 1. The molecule has 1 amide bonds. The van der Waals surface area contributed by atoms with Crippen molar-refractivity contribution in [3.8, 4) is 23.0 Å². The van der Waals surface area contributed by atoms with E-state index in [2.05, 4.69) is 35.7 Å². The van der Waals surface area contributed by atoms with Crippen molar-refractivity contribution in [1.29, 1.82) is 0 Å².